The third kappa shape index (κ3) is 4.64. The van der Waals surface area contributed by atoms with Gasteiger partial charge in [0.15, 0.2) is 5.78 Å². The van der Waals surface area contributed by atoms with Crippen LogP contribution in [0, 0.1) is 17.0 Å². The topological polar surface area (TPSA) is 110 Å². The number of rotatable bonds is 8. The Hall–Kier alpha value is -2.28. The summed E-state index contributed by atoms with van der Waals surface area (Å²) >= 11 is 0. The number of hydrogen-bond acceptors (Lipinski definition) is 5. The highest BCUT2D eigenvalue weighted by atomic mass is 16.6. The second kappa shape index (κ2) is 7.49. The molecule has 1 rings (SSSR count). The first-order valence-electron chi connectivity index (χ1n) is 6.61. The summed E-state index contributed by atoms with van der Waals surface area (Å²) in [5.41, 5.74) is 0.445. The van der Waals surface area contributed by atoms with E-state index in [0.717, 1.165) is 6.42 Å². The van der Waals surface area contributed by atoms with Crippen molar-refractivity contribution in [2.45, 2.75) is 32.7 Å². The minimum atomic E-state index is -1.10. The molecule has 1 aromatic carbocycles. The zero-order valence-electron chi connectivity index (χ0n) is 12.0. The van der Waals surface area contributed by atoms with E-state index in [2.05, 4.69) is 5.32 Å². The smallest absolute Gasteiger partial charge is 0.305 e. The largest absolute Gasteiger partial charge is 0.481 e. The number of aliphatic carboxylic acids is 1. The van der Waals surface area contributed by atoms with Crippen LogP contribution in [0.1, 0.15) is 35.7 Å². The number of carboxylic acid groups (broad SMARTS) is 1. The van der Waals surface area contributed by atoms with Gasteiger partial charge in [-0.1, -0.05) is 19.1 Å². The maximum Gasteiger partial charge on any atom is 0.305 e. The lowest BCUT2D eigenvalue weighted by molar-refractivity contribution is -0.385. The van der Waals surface area contributed by atoms with Crippen LogP contribution in [0.5, 0.6) is 0 Å². The number of carbonyl (C=O) groups excluding carboxylic acids is 1. The number of aryl methyl sites for hydroxylation is 1. The molecule has 0 bridgehead atoms. The van der Waals surface area contributed by atoms with Crippen molar-refractivity contribution in [1.82, 2.24) is 5.32 Å². The number of carbonyl (C=O) groups is 2. The van der Waals surface area contributed by atoms with Crippen LogP contribution < -0.4 is 5.32 Å². The van der Waals surface area contributed by atoms with Crippen molar-refractivity contribution in [2.24, 2.45) is 0 Å². The van der Waals surface area contributed by atoms with E-state index in [9.17, 15) is 19.7 Å². The van der Waals surface area contributed by atoms with Gasteiger partial charge in [-0.2, -0.15) is 0 Å². The van der Waals surface area contributed by atoms with E-state index in [1.54, 1.807) is 6.92 Å². The Bertz CT molecular complexity index is 556. The molecule has 1 unspecified atom stereocenters. The summed E-state index contributed by atoms with van der Waals surface area (Å²) in [6.07, 6.45) is 0.387. The molecule has 2 N–H and O–H groups in total. The van der Waals surface area contributed by atoms with Gasteiger partial charge in [0.05, 0.1) is 17.4 Å². The van der Waals surface area contributed by atoms with Gasteiger partial charge in [-0.25, -0.2) is 0 Å². The molecule has 0 spiro atoms. The number of Topliss-reactive ketones (excluding diaryl/α,β-unsaturated/α-hetero) is 1. The number of hydrogen-bond donors (Lipinski definition) is 2. The summed E-state index contributed by atoms with van der Waals surface area (Å²) in [5.74, 6) is -1.55. The van der Waals surface area contributed by atoms with Crippen molar-refractivity contribution in [2.75, 3.05) is 6.54 Å². The first-order chi connectivity index (χ1) is 9.86. The molecule has 1 aromatic rings. The molecule has 0 radical (unpaired) electrons. The predicted octanol–water partition coefficient (Wildman–Crippen LogP) is 1.93. The third-order valence-electron chi connectivity index (χ3n) is 3.03. The SMILES string of the molecule is CCCNC(CC(=O)O)C(=O)c1ccc(C)c([N+](=O)[O-])c1. The number of nitro groups is 1. The lowest BCUT2D eigenvalue weighted by atomic mass is 9.99. The van der Waals surface area contributed by atoms with Crippen molar-refractivity contribution >= 4 is 17.4 Å². The van der Waals surface area contributed by atoms with E-state index < -0.39 is 22.7 Å². The lowest BCUT2D eigenvalue weighted by Gasteiger charge is -2.15. The van der Waals surface area contributed by atoms with E-state index in [0.29, 0.717) is 12.1 Å². The molecule has 0 aliphatic heterocycles. The third-order valence-corrected chi connectivity index (χ3v) is 3.03. The Morgan fingerprint density at radius 2 is 2.10 bits per heavy atom. The van der Waals surface area contributed by atoms with Crippen LogP contribution in [0.3, 0.4) is 0 Å². The van der Waals surface area contributed by atoms with Crippen molar-refractivity contribution in [1.29, 1.82) is 0 Å². The van der Waals surface area contributed by atoms with Crippen molar-refractivity contribution in [3.63, 3.8) is 0 Å². The Labute approximate surface area is 122 Å². The van der Waals surface area contributed by atoms with Gasteiger partial charge in [0.1, 0.15) is 0 Å². The van der Waals surface area contributed by atoms with Crippen LogP contribution in [0.4, 0.5) is 5.69 Å². The lowest BCUT2D eigenvalue weighted by Crippen LogP contribution is -2.39. The monoisotopic (exact) mass is 294 g/mol. The Kier molecular flexibility index (Phi) is 5.98. The summed E-state index contributed by atoms with van der Waals surface area (Å²) in [6.45, 7) is 3.97. The molecule has 0 heterocycles. The van der Waals surface area contributed by atoms with Crippen molar-refractivity contribution < 1.29 is 19.6 Å². The van der Waals surface area contributed by atoms with Gasteiger partial charge in [-0.3, -0.25) is 19.7 Å². The van der Waals surface area contributed by atoms with Crippen LogP contribution in [0.15, 0.2) is 18.2 Å². The minimum Gasteiger partial charge on any atom is -0.481 e. The fourth-order valence-electron chi connectivity index (χ4n) is 1.91. The van der Waals surface area contributed by atoms with E-state index in [1.807, 2.05) is 6.92 Å². The van der Waals surface area contributed by atoms with Crippen LogP contribution in [-0.4, -0.2) is 34.4 Å². The number of nitro benzene ring substituents is 1. The number of nitrogens with one attached hydrogen (secondary N) is 1. The maximum atomic E-state index is 12.3. The molecule has 114 valence electrons. The number of benzene rings is 1. The molecule has 0 aliphatic carbocycles. The number of ketones is 1. The molecular weight excluding hydrogens is 276 g/mol. The highest BCUT2D eigenvalue weighted by molar-refractivity contribution is 6.02. The minimum absolute atomic E-state index is 0.141. The first-order valence-corrected chi connectivity index (χ1v) is 6.61. The van der Waals surface area contributed by atoms with E-state index >= 15 is 0 Å². The number of nitrogens with zero attached hydrogens (tertiary/aromatic N) is 1. The molecule has 0 aliphatic rings. The molecule has 21 heavy (non-hydrogen) atoms. The van der Waals surface area contributed by atoms with Crippen LogP contribution in [0.2, 0.25) is 0 Å². The number of carboxylic acids is 1. The van der Waals surface area contributed by atoms with Crippen LogP contribution in [0.25, 0.3) is 0 Å². The quantitative estimate of drug-likeness (QED) is 0.430. The molecule has 0 saturated carbocycles. The normalized spacial score (nSPS) is 11.9. The van der Waals surface area contributed by atoms with Crippen LogP contribution in [-0.2, 0) is 4.79 Å². The van der Waals surface area contributed by atoms with Gasteiger partial charge in [0.2, 0.25) is 0 Å². The van der Waals surface area contributed by atoms with Gasteiger partial charge < -0.3 is 10.4 Å². The highest BCUT2D eigenvalue weighted by Gasteiger charge is 2.24. The first kappa shape index (κ1) is 16.8. The Balaban J connectivity index is 3.05. The molecule has 0 aromatic heterocycles. The highest BCUT2D eigenvalue weighted by Crippen LogP contribution is 2.20. The molecule has 1 atom stereocenters. The second-order valence-corrected chi connectivity index (χ2v) is 4.73. The molecule has 0 amide bonds. The molecule has 0 saturated heterocycles. The molecule has 7 nitrogen and oxygen atoms in total. The fraction of sp³-hybridized carbons (Fsp3) is 0.429. The average Bonchev–Trinajstić information content (AvgIpc) is 2.42. The van der Waals surface area contributed by atoms with E-state index in [1.165, 1.54) is 18.2 Å². The standard InChI is InChI=1S/C14H18N2O5/c1-3-6-15-11(8-13(17)18)14(19)10-5-4-9(2)12(7-10)16(20)21/h4-5,7,11,15H,3,6,8H2,1-2H3,(H,17,18). The summed E-state index contributed by atoms with van der Waals surface area (Å²) in [6, 6.07) is 3.28. The average molecular weight is 294 g/mol. The van der Waals surface area contributed by atoms with Gasteiger partial charge in [0, 0.05) is 17.2 Å². The zero-order valence-corrected chi connectivity index (χ0v) is 12.0. The maximum absolute atomic E-state index is 12.3. The van der Waals surface area contributed by atoms with Gasteiger partial charge in [-0.15, -0.1) is 0 Å². The summed E-state index contributed by atoms with van der Waals surface area (Å²) in [5, 5.41) is 22.6. The molecule has 7 heteroatoms. The van der Waals surface area contributed by atoms with E-state index in [-0.39, 0.29) is 17.7 Å². The van der Waals surface area contributed by atoms with Crippen molar-refractivity contribution in [3.05, 3.63) is 39.4 Å². The summed E-state index contributed by atoms with van der Waals surface area (Å²) in [7, 11) is 0. The Morgan fingerprint density at radius 3 is 2.62 bits per heavy atom. The molecule has 0 fully saturated rings. The van der Waals surface area contributed by atoms with E-state index in [4.69, 9.17) is 5.11 Å². The Morgan fingerprint density at radius 1 is 1.43 bits per heavy atom. The molecular formula is C14H18N2O5. The van der Waals surface area contributed by atoms with Gasteiger partial charge in [0.25, 0.3) is 5.69 Å². The second-order valence-electron chi connectivity index (χ2n) is 4.73. The zero-order chi connectivity index (χ0) is 16.0. The fourth-order valence-corrected chi connectivity index (χ4v) is 1.91. The van der Waals surface area contributed by atoms with Gasteiger partial charge >= 0.3 is 5.97 Å². The summed E-state index contributed by atoms with van der Waals surface area (Å²) in [4.78, 5) is 33.5. The van der Waals surface area contributed by atoms with Gasteiger partial charge in [-0.05, 0) is 19.9 Å². The van der Waals surface area contributed by atoms with Crippen LogP contribution >= 0.6 is 0 Å². The predicted molar refractivity (Wildman–Crippen MR) is 76.5 cm³/mol. The van der Waals surface area contributed by atoms with Crippen molar-refractivity contribution in [3.8, 4) is 0 Å². The summed E-state index contributed by atoms with van der Waals surface area (Å²) < 4.78 is 0.